The number of aldehydes is 1. The van der Waals surface area contributed by atoms with Gasteiger partial charge in [-0.2, -0.15) is 0 Å². The molecule has 5 nitrogen and oxygen atoms in total. The van der Waals surface area contributed by atoms with E-state index in [0.29, 0.717) is 0 Å². The van der Waals surface area contributed by atoms with Crippen LogP contribution in [-0.2, 0) is 0 Å². The van der Waals surface area contributed by atoms with Crippen LogP contribution in [0.5, 0.6) is 0 Å². The van der Waals surface area contributed by atoms with Gasteiger partial charge in [0.25, 0.3) is 0 Å². The number of aromatic nitrogens is 3. The van der Waals surface area contributed by atoms with Crippen molar-refractivity contribution in [3.8, 4) is 9.75 Å². The summed E-state index contributed by atoms with van der Waals surface area (Å²) in [6.07, 6.45) is 4.38. The third-order valence-electron chi connectivity index (χ3n) is 4.11. The molecule has 1 aromatic carbocycles. The summed E-state index contributed by atoms with van der Waals surface area (Å²) in [5.74, 6) is 0.785. The Morgan fingerprint density at radius 2 is 1.96 bits per heavy atom. The molecule has 0 saturated carbocycles. The molecule has 0 aliphatic carbocycles. The Hall–Kier alpha value is -3.03. The lowest BCUT2D eigenvalue weighted by Gasteiger charge is -2.06. The summed E-state index contributed by atoms with van der Waals surface area (Å²) in [6.45, 7) is 0. The van der Waals surface area contributed by atoms with Crippen LogP contribution in [0.4, 0.5) is 11.5 Å². The van der Waals surface area contributed by atoms with E-state index in [1.165, 1.54) is 11.3 Å². The molecule has 7 heteroatoms. The van der Waals surface area contributed by atoms with Gasteiger partial charge in [-0.3, -0.25) is 4.79 Å². The zero-order chi connectivity index (χ0) is 17.5. The number of nitrogens with one attached hydrogen (secondary N) is 2. The second kappa shape index (κ2) is 6.05. The minimum Gasteiger partial charge on any atom is -0.361 e. The molecule has 2 N–H and O–H groups in total. The Labute approximate surface area is 156 Å². The molecule has 5 aromatic rings. The first-order chi connectivity index (χ1) is 12.8. The number of benzene rings is 1. The molecule has 0 atom stereocenters. The van der Waals surface area contributed by atoms with E-state index in [-0.39, 0.29) is 0 Å². The van der Waals surface area contributed by atoms with Crippen molar-refractivity contribution in [2.75, 3.05) is 5.32 Å². The lowest BCUT2D eigenvalue weighted by atomic mass is 10.2. The number of hydrogen-bond acceptors (Lipinski definition) is 6. The van der Waals surface area contributed by atoms with Gasteiger partial charge in [0, 0.05) is 32.5 Å². The monoisotopic (exact) mass is 376 g/mol. The van der Waals surface area contributed by atoms with Crippen LogP contribution in [0.3, 0.4) is 0 Å². The first kappa shape index (κ1) is 15.2. The lowest BCUT2D eigenvalue weighted by Crippen LogP contribution is -1.94. The van der Waals surface area contributed by atoms with Gasteiger partial charge in [-0.05, 0) is 42.5 Å². The molecule has 0 bridgehead atoms. The van der Waals surface area contributed by atoms with Crippen LogP contribution >= 0.6 is 22.7 Å². The number of carbonyl (C=O) groups excluding carboxylic acids is 1. The van der Waals surface area contributed by atoms with Gasteiger partial charge >= 0.3 is 0 Å². The quantitative estimate of drug-likeness (QED) is 0.409. The molecule has 0 spiro atoms. The van der Waals surface area contributed by atoms with Crippen molar-refractivity contribution in [1.29, 1.82) is 0 Å². The van der Waals surface area contributed by atoms with Crippen molar-refractivity contribution in [3.63, 3.8) is 0 Å². The molecule has 26 heavy (non-hydrogen) atoms. The second-order valence-electron chi connectivity index (χ2n) is 5.77. The van der Waals surface area contributed by atoms with Gasteiger partial charge in [0.2, 0.25) is 0 Å². The molecule has 0 aliphatic rings. The molecular formula is C19H12N4OS2. The molecule has 4 heterocycles. The largest absolute Gasteiger partial charge is 0.361 e. The highest BCUT2D eigenvalue weighted by molar-refractivity contribution is 7.26. The van der Waals surface area contributed by atoms with Gasteiger partial charge in [0.05, 0.1) is 15.1 Å². The van der Waals surface area contributed by atoms with Crippen molar-refractivity contribution in [2.24, 2.45) is 0 Å². The van der Waals surface area contributed by atoms with Crippen molar-refractivity contribution in [3.05, 3.63) is 59.9 Å². The molecule has 5 rings (SSSR count). The van der Waals surface area contributed by atoms with Gasteiger partial charge < -0.3 is 10.3 Å². The Balaban J connectivity index is 1.55. The van der Waals surface area contributed by atoms with Crippen molar-refractivity contribution in [1.82, 2.24) is 15.0 Å². The lowest BCUT2D eigenvalue weighted by molar-refractivity contribution is 0.112. The number of anilines is 2. The first-order valence-corrected chi connectivity index (χ1v) is 9.57. The predicted octanol–water partition coefficient (Wildman–Crippen LogP) is 5.46. The zero-order valence-corrected chi connectivity index (χ0v) is 15.0. The summed E-state index contributed by atoms with van der Waals surface area (Å²) in [6, 6.07) is 14.1. The van der Waals surface area contributed by atoms with E-state index in [4.69, 9.17) is 0 Å². The molecule has 4 aromatic heterocycles. The van der Waals surface area contributed by atoms with E-state index < -0.39 is 0 Å². The van der Waals surface area contributed by atoms with Gasteiger partial charge in [-0.1, -0.05) is 0 Å². The maximum Gasteiger partial charge on any atom is 0.160 e. The average Bonchev–Trinajstić information content (AvgIpc) is 3.39. The molecule has 0 fully saturated rings. The van der Waals surface area contributed by atoms with Crippen LogP contribution in [0.1, 0.15) is 9.67 Å². The molecule has 126 valence electrons. The molecule has 0 aliphatic heterocycles. The van der Waals surface area contributed by atoms with Crippen molar-refractivity contribution < 1.29 is 4.79 Å². The number of aromatic amines is 1. The van der Waals surface area contributed by atoms with Crippen LogP contribution in [0.25, 0.3) is 30.9 Å². The third-order valence-corrected chi connectivity index (χ3v) is 6.45. The van der Waals surface area contributed by atoms with Gasteiger partial charge in [-0.25, -0.2) is 9.97 Å². The molecule has 0 amide bonds. The third kappa shape index (κ3) is 2.58. The van der Waals surface area contributed by atoms with Gasteiger partial charge in [0.1, 0.15) is 6.33 Å². The Morgan fingerprint density at radius 3 is 2.85 bits per heavy atom. The zero-order valence-electron chi connectivity index (χ0n) is 13.4. The highest BCUT2D eigenvalue weighted by Crippen LogP contribution is 2.39. The van der Waals surface area contributed by atoms with Crippen molar-refractivity contribution in [2.45, 2.75) is 0 Å². The Kier molecular flexibility index (Phi) is 3.55. The van der Waals surface area contributed by atoms with E-state index >= 15 is 0 Å². The maximum atomic E-state index is 10.9. The maximum absolute atomic E-state index is 10.9. The fourth-order valence-electron chi connectivity index (χ4n) is 2.88. The van der Waals surface area contributed by atoms with Crippen LogP contribution in [0, 0.1) is 0 Å². The second-order valence-corrected chi connectivity index (χ2v) is 7.94. The topological polar surface area (TPSA) is 70.7 Å². The number of thiophene rings is 2. The number of fused-ring (bicyclic) bond motifs is 2. The SMILES string of the molecule is O=Cc1ccc(-c2cc3ncnc(Nc4ccc5[nH]ccc5c4)c3s2)s1. The van der Waals surface area contributed by atoms with E-state index in [0.717, 1.165) is 53.5 Å². The summed E-state index contributed by atoms with van der Waals surface area (Å²) >= 11 is 3.11. The highest BCUT2D eigenvalue weighted by atomic mass is 32.1. The van der Waals surface area contributed by atoms with Crippen LogP contribution < -0.4 is 5.32 Å². The smallest absolute Gasteiger partial charge is 0.160 e. The van der Waals surface area contributed by atoms with E-state index in [9.17, 15) is 4.79 Å². The summed E-state index contributed by atoms with van der Waals surface area (Å²) in [5.41, 5.74) is 2.98. The predicted molar refractivity (Wildman–Crippen MR) is 108 cm³/mol. The Morgan fingerprint density at radius 1 is 1.00 bits per heavy atom. The normalized spacial score (nSPS) is 11.2. The molecule has 0 radical (unpaired) electrons. The fourth-order valence-corrected chi connectivity index (χ4v) is 4.84. The number of nitrogens with zero attached hydrogens (tertiary/aromatic N) is 2. The molecule has 0 unspecified atom stereocenters. The van der Waals surface area contributed by atoms with Crippen LogP contribution in [-0.4, -0.2) is 21.2 Å². The standard InChI is InChI=1S/C19H12N4OS2/c24-9-13-2-4-16(25-13)17-8-15-18(26-17)19(22-10-21-15)23-12-1-3-14-11(7-12)5-6-20-14/h1-10,20H,(H,21,22,23). The first-order valence-electron chi connectivity index (χ1n) is 7.94. The van der Waals surface area contributed by atoms with Gasteiger partial charge in [-0.15, -0.1) is 22.7 Å². The number of hydrogen-bond donors (Lipinski definition) is 2. The highest BCUT2D eigenvalue weighted by Gasteiger charge is 2.12. The van der Waals surface area contributed by atoms with E-state index in [2.05, 4.69) is 26.3 Å². The average molecular weight is 376 g/mol. The minimum absolute atomic E-state index is 0.724. The van der Waals surface area contributed by atoms with Crippen LogP contribution in [0.15, 0.2) is 55.0 Å². The minimum atomic E-state index is 0.724. The number of H-pyrrole nitrogens is 1. The summed E-state index contributed by atoms with van der Waals surface area (Å²) in [5, 5.41) is 4.55. The molecular weight excluding hydrogens is 364 g/mol. The summed E-state index contributed by atoms with van der Waals surface area (Å²) < 4.78 is 0.998. The van der Waals surface area contributed by atoms with E-state index in [1.807, 2.05) is 42.6 Å². The fraction of sp³-hybridized carbons (Fsp3) is 0. The summed E-state index contributed by atoms with van der Waals surface area (Å²) in [7, 11) is 0. The molecule has 0 saturated heterocycles. The summed E-state index contributed by atoms with van der Waals surface area (Å²) in [4.78, 5) is 25.8. The Bertz CT molecular complexity index is 1250. The number of rotatable bonds is 4. The van der Waals surface area contributed by atoms with Crippen molar-refractivity contribution >= 4 is 61.6 Å². The number of carbonyl (C=O) groups is 1. The van der Waals surface area contributed by atoms with Gasteiger partial charge in [0.15, 0.2) is 12.1 Å². The van der Waals surface area contributed by atoms with E-state index in [1.54, 1.807) is 17.7 Å². The van der Waals surface area contributed by atoms with Crippen LogP contribution in [0.2, 0.25) is 0 Å².